The zero-order valence-corrected chi connectivity index (χ0v) is 15.0. The van der Waals surface area contributed by atoms with Gasteiger partial charge in [-0.2, -0.15) is 0 Å². The van der Waals surface area contributed by atoms with Crippen molar-refractivity contribution in [3.05, 3.63) is 86.9 Å². The van der Waals surface area contributed by atoms with Gasteiger partial charge in [-0.1, -0.05) is 42.5 Å². The van der Waals surface area contributed by atoms with Crippen molar-refractivity contribution >= 4 is 18.0 Å². The van der Waals surface area contributed by atoms with Crippen LogP contribution in [0.4, 0.5) is 5.82 Å². The fraction of sp³-hybridized carbons (Fsp3) is 0.158. The second-order valence-corrected chi connectivity index (χ2v) is 6.06. The summed E-state index contributed by atoms with van der Waals surface area (Å²) in [4.78, 5) is 14.1. The van der Waals surface area contributed by atoms with Crippen LogP contribution in [0.3, 0.4) is 0 Å². The van der Waals surface area contributed by atoms with Gasteiger partial charge in [-0.25, -0.2) is 0 Å². The van der Waals surface area contributed by atoms with Crippen LogP contribution in [0.5, 0.6) is 5.75 Å². The van der Waals surface area contributed by atoms with Crippen LogP contribution in [-0.4, -0.2) is 16.7 Å². The van der Waals surface area contributed by atoms with Gasteiger partial charge in [-0.05, 0) is 29.9 Å². The quantitative estimate of drug-likeness (QED) is 0.652. The number of nitrogens with zero attached hydrogens (tertiary/aromatic N) is 1. The van der Waals surface area contributed by atoms with Gasteiger partial charge in [-0.3, -0.25) is 14.3 Å². The van der Waals surface area contributed by atoms with Gasteiger partial charge in [0.25, 0.3) is 5.56 Å². The number of aromatic nitrogens is 2. The lowest BCUT2D eigenvalue weighted by molar-refractivity contribution is 0.0775. The predicted octanol–water partition coefficient (Wildman–Crippen LogP) is 3.26. The Labute approximate surface area is 155 Å². The molecule has 26 heavy (non-hydrogen) atoms. The van der Waals surface area contributed by atoms with Crippen LogP contribution in [0, 0.1) is 4.77 Å². The summed E-state index contributed by atoms with van der Waals surface area (Å²) >= 11 is 5.23. The topological polar surface area (TPSA) is 82.3 Å². The average molecular weight is 369 g/mol. The Hall–Kier alpha value is -2.90. The fourth-order valence-electron chi connectivity index (χ4n) is 2.65. The highest BCUT2D eigenvalue weighted by molar-refractivity contribution is 7.71. The number of methoxy groups -OCH3 is 1. The molecule has 0 bridgehead atoms. The summed E-state index contributed by atoms with van der Waals surface area (Å²) in [6.45, 7) is 0.460. The minimum atomic E-state index is -0.584. The summed E-state index contributed by atoms with van der Waals surface area (Å²) in [5.74, 6) is 0.920. The van der Waals surface area contributed by atoms with E-state index in [1.165, 1.54) is 6.07 Å². The van der Waals surface area contributed by atoms with Gasteiger partial charge in [0.2, 0.25) is 0 Å². The number of H-pyrrole nitrogens is 1. The fourth-order valence-corrected chi connectivity index (χ4v) is 2.96. The number of rotatable bonds is 6. The van der Waals surface area contributed by atoms with Crippen LogP contribution in [0.25, 0.3) is 0 Å². The predicted molar refractivity (Wildman–Crippen MR) is 103 cm³/mol. The smallest absolute Gasteiger partial charge is 0.253 e. The van der Waals surface area contributed by atoms with Gasteiger partial charge in [0.1, 0.15) is 18.2 Å². The van der Waals surface area contributed by atoms with E-state index in [4.69, 9.17) is 27.4 Å². The van der Waals surface area contributed by atoms with Crippen LogP contribution in [-0.2, 0) is 11.3 Å². The lowest BCUT2D eigenvalue weighted by Crippen LogP contribution is -2.22. The van der Waals surface area contributed by atoms with Crippen molar-refractivity contribution in [1.29, 1.82) is 0 Å². The molecule has 0 saturated heterocycles. The molecule has 6 nitrogen and oxygen atoms in total. The lowest BCUT2D eigenvalue weighted by Gasteiger charge is -2.21. The highest BCUT2D eigenvalue weighted by atomic mass is 32.1. The van der Waals surface area contributed by atoms with Crippen molar-refractivity contribution in [2.24, 2.45) is 0 Å². The van der Waals surface area contributed by atoms with Crippen molar-refractivity contribution < 1.29 is 9.47 Å². The molecule has 3 aromatic rings. The molecule has 1 aromatic heterocycles. The minimum Gasteiger partial charge on any atom is -0.489 e. The number of nitrogens with two attached hydrogens (primary N) is 1. The third kappa shape index (κ3) is 4.01. The van der Waals surface area contributed by atoms with Gasteiger partial charge in [-0.15, -0.1) is 0 Å². The van der Waals surface area contributed by atoms with E-state index in [0.29, 0.717) is 12.4 Å². The van der Waals surface area contributed by atoms with Crippen LogP contribution >= 0.6 is 12.2 Å². The van der Waals surface area contributed by atoms with E-state index in [2.05, 4.69) is 4.98 Å². The highest BCUT2D eigenvalue weighted by Crippen LogP contribution is 2.25. The first-order valence-electron chi connectivity index (χ1n) is 7.99. The molecule has 0 radical (unpaired) electrons. The molecule has 0 aliphatic carbocycles. The van der Waals surface area contributed by atoms with Crippen molar-refractivity contribution in [1.82, 2.24) is 9.55 Å². The van der Waals surface area contributed by atoms with Gasteiger partial charge < -0.3 is 15.2 Å². The second kappa shape index (κ2) is 7.99. The molecule has 1 atom stereocenters. The van der Waals surface area contributed by atoms with E-state index < -0.39 is 6.23 Å². The highest BCUT2D eigenvalue weighted by Gasteiger charge is 2.16. The Bertz CT molecular complexity index is 999. The normalized spacial score (nSPS) is 11.9. The molecular weight excluding hydrogens is 350 g/mol. The van der Waals surface area contributed by atoms with E-state index in [-0.39, 0.29) is 16.1 Å². The Balaban J connectivity index is 1.88. The van der Waals surface area contributed by atoms with Crippen LogP contribution in [0.15, 0.2) is 65.5 Å². The SMILES string of the molecule is COC(c1cccc(OCc2ccccc2)c1)n1c(N)cc(=O)[nH]c1=S. The molecule has 0 aliphatic heterocycles. The summed E-state index contributed by atoms with van der Waals surface area (Å²) in [5, 5.41) is 0. The molecule has 3 rings (SSSR count). The zero-order chi connectivity index (χ0) is 18.5. The van der Waals surface area contributed by atoms with E-state index >= 15 is 0 Å². The third-order valence-corrected chi connectivity index (χ3v) is 4.15. The molecule has 0 amide bonds. The molecule has 0 aliphatic rings. The Morgan fingerprint density at radius 3 is 2.62 bits per heavy atom. The number of ether oxygens (including phenoxy) is 2. The second-order valence-electron chi connectivity index (χ2n) is 5.67. The van der Waals surface area contributed by atoms with Crippen molar-refractivity contribution in [3.8, 4) is 5.75 Å². The van der Waals surface area contributed by atoms with E-state index in [1.807, 2.05) is 54.6 Å². The Morgan fingerprint density at radius 1 is 1.15 bits per heavy atom. The van der Waals surface area contributed by atoms with E-state index in [0.717, 1.165) is 11.1 Å². The molecule has 7 heteroatoms. The first-order valence-corrected chi connectivity index (χ1v) is 8.40. The molecule has 2 aromatic carbocycles. The number of anilines is 1. The summed E-state index contributed by atoms with van der Waals surface area (Å²) in [6.07, 6.45) is -0.584. The maximum Gasteiger partial charge on any atom is 0.253 e. The maximum atomic E-state index is 11.5. The number of benzene rings is 2. The Morgan fingerprint density at radius 2 is 1.92 bits per heavy atom. The number of nitrogen functional groups attached to an aromatic ring is 1. The van der Waals surface area contributed by atoms with E-state index in [1.54, 1.807) is 11.7 Å². The molecule has 134 valence electrons. The largest absolute Gasteiger partial charge is 0.489 e. The molecule has 0 spiro atoms. The van der Waals surface area contributed by atoms with Gasteiger partial charge in [0, 0.05) is 18.7 Å². The monoisotopic (exact) mass is 369 g/mol. The summed E-state index contributed by atoms with van der Waals surface area (Å²) in [5.41, 5.74) is 7.50. The third-order valence-electron chi connectivity index (χ3n) is 3.86. The zero-order valence-electron chi connectivity index (χ0n) is 14.2. The van der Waals surface area contributed by atoms with E-state index in [9.17, 15) is 4.79 Å². The number of nitrogens with one attached hydrogen (secondary N) is 1. The summed E-state index contributed by atoms with van der Waals surface area (Å²) < 4.78 is 13.2. The lowest BCUT2D eigenvalue weighted by atomic mass is 10.2. The van der Waals surface area contributed by atoms with Crippen molar-refractivity contribution in [3.63, 3.8) is 0 Å². The molecule has 1 heterocycles. The first kappa shape index (κ1) is 17.9. The summed E-state index contributed by atoms with van der Waals surface area (Å²) in [7, 11) is 1.55. The average Bonchev–Trinajstić information content (AvgIpc) is 2.64. The van der Waals surface area contributed by atoms with Crippen LogP contribution in [0.2, 0.25) is 0 Å². The van der Waals surface area contributed by atoms with Crippen LogP contribution in [0.1, 0.15) is 17.4 Å². The summed E-state index contributed by atoms with van der Waals surface area (Å²) in [6, 6.07) is 18.7. The molecular formula is C19H19N3O3S. The van der Waals surface area contributed by atoms with Crippen LogP contribution < -0.4 is 16.0 Å². The molecule has 1 unspecified atom stereocenters. The molecule has 0 fully saturated rings. The molecule has 0 saturated carbocycles. The minimum absolute atomic E-state index is 0.192. The first-order chi connectivity index (χ1) is 12.6. The number of hydrogen-bond donors (Lipinski definition) is 2. The van der Waals surface area contributed by atoms with Crippen molar-refractivity contribution in [2.75, 3.05) is 12.8 Å². The number of aromatic amines is 1. The standard InChI is InChI=1S/C19H19N3O3S/c1-24-18(22-16(20)11-17(23)21-19(22)26)14-8-5-9-15(10-14)25-12-13-6-3-2-4-7-13/h2-11,18H,12,20H2,1H3,(H,21,23,26). The Kier molecular flexibility index (Phi) is 5.50. The maximum absolute atomic E-state index is 11.5. The van der Waals surface area contributed by atoms with Gasteiger partial charge in [0.15, 0.2) is 11.0 Å². The number of hydrogen-bond acceptors (Lipinski definition) is 5. The molecule has 3 N–H and O–H groups in total. The van der Waals surface area contributed by atoms with Crippen molar-refractivity contribution in [2.45, 2.75) is 12.8 Å². The van der Waals surface area contributed by atoms with Gasteiger partial charge in [0.05, 0.1) is 0 Å². The van der Waals surface area contributed by atoms with Gasteiger partial charge >= 0.3 is 0 Å².